The van der Waals surface area contributed by atoms with E-state index in [1.54, 1.807) is 0 Å². The number of carbonyl (C=O) groups is 2. The summed E-state index contributed by atoms with van der Waals surface area (Å²) in [6.45, 7) is 3.58. The first kappa shape index (κ1) is 17.0. The SMILES string of the molecule is CC(CCN)CCC(=O)N1CCCCC1CCC(=O)O. The minimum Gasteiger partial charge on any atom is -0.481 e. The molecule has 5 heteroatoms. The monoisotopic (exact) mass is 284 g/mol. The Hall–Kier alpha value is -1.10. The van der Waals surface area contributed by atoms with Gasteiger partial charge in [-0.15, -0.1) is 0 Å². The highest BCUT2D eigenvalue weighted by Gasteiger charge is 2.26. The zero-order chi connectivity index (χ0) is 15.0. The van der Waals surface area contributed by atoms with Crippen LogP contribution in [0.2, 0.25) is 0 Å². The highest BCUT2D eigenvalue weighted by molar-refractivity contribution is 5.76. The molecule has 1 fully saturated rings. The Kier molecular flexibility index (Phi) is 7.59. The number of hydrogen-bond donors (Lipinski definition) is 2. The lowest BCUT2D eigenvalue weighted by Gasteiger charge is -2.36. The number of hydrogen-bond acceptors (Lipinski definition) is 3. The van der Waals surface area contributed by atoms with Crippen LogP contribution in [-0.2, 0) is 9.59 Å². The van der Waals surface area contributed by atoms with Crippen LogP contribution in [0.1, 0.15) is 58.3 Å². The lowest BCUT2D eigenvalue weighted by molar-refractivity contribution is -0.140. The Bertz CT molecular complexity index is 320. The van der Waals surface area contributed by atoms with Gasteiger partial charge in [0.1, 0.15) is 0 Å². The van der Waals surface area contributed by atoms with E-state index >= 15 is 0 Å². The fourth-order valence-corrected chi connectivity index (χ4v) is 2.86. The summed E-state index contributed by atoms with van der Waals surface area (Å²) in [5.41, 5.74) is 5.52. The van der Waals surface area contributed by atoms with Crippen LogP contribution in [0.4, 0.5) is 0 Å². The van der Waals surface area contributed by atoms with Crippen LogP contribution in [0, 0.1) is 5.92 Å². The van der Waals surface area contributed by atoms with Crippen molar-refractivity contribution in [1.29, 1.82) is 0 Å². The van der Waals surface area contributed by atoms with Crippen LogP contribution in [0.5, 0.6) is 0 Å². The standard InChI is InChI=1S/C15H28N2O3/c1-12(9-10-16)5-7-14(18)17-11-3-2-4-13(17)6-8-15(19)20/h12-13H,2-11,16H2,1H3,(H,19,20). The third-order valence-electron chi connectivity index (χ3n) is 4.15. The summed E-state index contributed by atoms with van der Waals surface area (Å²) in [5.74, 6) is -0.116. The van der Waals surface area contributed by atoms with E-state index in [-0.39, 0.29) is 18.4 Å². The average Bonchev–Trinajstić information content (AvgIpc) is 2.43. The first-order valence-electron chi connectivity index (χ1n) is 7.76. The zero-order valence-electron chi connectivity index (χ0n) is 12.5. The van der Waals surface area contributed by atoms with Gasteiger partial charge >= 0.3 is 5.97 Å². The highest BCUT2D eigenvalue weighted by atomic mass is 16.4. The molecule has 116 valence electrons. The lowest BCUT2D eigenvalue weighted by Crippen LogP contribution is -2.44. The number of nitrogens with two attached hydrogens (primary N) is 1. The number of nitrogens with zero attached hydrogens (tertiary/aromatic N) is 1. The number of carboxylic acid groups (broad SMARTS) is 1. The van der Waals surface area contributed by atoms with E-state index in [4.69, 9.17) is 10.8 Å². The summed E-state index contributed by atoms with van der Waals surface area (Å²) in [4.78, 5) is 24.9. The average molecular weight is 284 g/mol. The van der Waals surface area contributed by atoms with Crippen LogP contribution in [-0.4, -0.2) is 41.0 Å². The smallest absolute Gasteiger partial charge is 0.303 e. The van der Waals surface area contributed by atoms with Crippen LogP contribution in [0.3, 0.4) is 0 Å². The molecule has 1 saturated heterocycles. The van der Waals surface area contributed by atoms with Gasteiger partial charge in [0.05, 0.1) is 0 Å². The van der Waals surface area contributed by atoms with Crippen LogP contribution in [0.15, 0.2) is 0 Å². The maximum absolute atomic E-state index is 12.3. The van der Waals surface area contributed by atoms with Crippen LogP contribution >= 0.6 is 0 Å². The van der Waals surface area contributed by atoms with Crippen molar-refractivity contribution in [2.75, 3.05) is 13.1 Å². The van der Waals surface area contributed by atoms with Gasteiger partial charge < -0.3 is 15.7 Å². The molecule has 0 bridgehead atoms. The third kappa shape index (κ3) is 5.90. The Morgan fingerprint density at radius 2 is 2.05 bits per heavy atom. The largest absolute Gasteiger partial charge is 0.481 e. The van der Waals surface area contributed by atoms with E-state index in [0.29, 0.717) is 25.3 Å². The first-order chi connectivity index (χ1) is 9.54. The van der Waals surface area contributed by atoms with E-state index in [0.717, 1.165) is 38.6 Å². The predicted molar refractivity (Wildman–Crippen MR) is 78.3 cm³/mol. The van der Waals surface area contributed by atoms with Gasteiger partial charge in [0.2, 0.25) is 5.91 Å². The fraction of sp³-hybridized carbons (Fsp3) is 0.867. The van der Waals surface area contributed by atoms with Crippen LogP contribution in [0.25, 0.3) is 0 Å². The van der Waals surface area contributed by atoms with Gasteiger partial charge in [0.15, 0.2) is 0 Å². The summed E-state index contributed by atoms with van der Waals surface area (Å²) in [5, 5.41) is 8.79. The van der Waals surface area contributed by atoms with Crippen molar-refractivity contribution < 1.29 is 14.7 Å². The Labute approximate surface area is 121 Å². The Balaban J connectivity index is 2.43. The molecule has 3 N–H and O–H groups in total. The Morgan fingerprint density at radius 1 is 1.30 bits per heavy atom. The molecule has 1 amide bonds. The molecule has 0 aliphatic carbocycles. The summed E-state index contributed by atoms with van der Waals surface area (Å²) in [7, 11) is 0. The summed E-state index contributed by atoms with van der Waals surface area (Å²) >= 11 is 0. The summed E-state index contributed by atoms with van der Waals surface area (Å²) in [6, 6.07) is 0.122. The first-order valence-corrected chi connectivity index (χ1v) is 7.76. The molecule has 0 radical (unpaired) electrons. The Morgan fingerprint density at radius 3 is 2.70 bits per heavy atom. The maximum Gasteiger partial charge on any atom is 0.303 e. The minimum absolute atomic E-state index is 0.122. The van der Waals surface area contributed by atoms with Gasteiger partial charge in [-0.1, -0.05) is 6.92 Å². The van der Waals surface area contributed by atoms with Crippen molar-refractivity contribution in [2.24, 2.45) is 11.7 Å². The number of carboxylic acids is 1. The maximum atomic E-state index is 12.3. The number of likely N-dealkylation sites (tertiary alicyclic amines) is 1. The molecule has 0 aromatic rings. The number of rotatable bonds is 8. The molecule has 1 heterocycles. The second-order valence-corrected chi connectivity index (χ2v) is 5.89. The van der Waals surface area contributed by atoms with Crippen molar-refractivity contribution in [2.45, 2.75) is 64.3 Å². The molecule has 0 aromatic carbocycles. The van der Waals surface area contributed by atoms with Crippen LogP contribution < -0.4 is 5.73 Å². The molecule has 1 rings (SSSR count). The molecule has 2 unspecified atom stereocenters. The van der Waals surface area contributed by atoms with Gasteiger partial charge in [0.25, 0.3) is 0 Å². The second-order valence-electron chi connectivity index (χ2n) is 5.89. The number of piperidine rings is 1. The molecule has 0 spiro atoms. The molecule has 20 heavy (non-hydrogen) atoms. The number of aliphatic carboxylic acids is 1. The quantitative estimate of drug-likeness (QED) is 0.714. The van der Waals surface area contributed by atoms with E-state index in [1.807, 2.05) is 4.90 Å². The summed E-state index contributed by atoms with van der Waals surface area (Å²) < 4.78 is 0. The van der Waals surface area contributed by atoms with Gasteiger partial charge in [-0.05, 0) is 51.0 Å². The molecule has 0 aromatic heterocycles. The summed E-state index contributed by atoms with van der Waals surface area (Å²) in [6.07, 6.45) is 6.19. The molecule has 2 atom stereocenters. The predicted octanol–water partition coefficient (Wildman–Crippen LogP) is 2.00. The molecule has 5 nitrogen and oxygen atoms in total. The molecular weight excluding hydrogens is 256 g/mol. The third-order valence-corrected chi connectivity index (χ3v) is 4.15. The topological polar surface area (TPSA) is 83.6 Å². The minimum atomic E-state index is -0.778. The van der Waals surface area contributed by atoms with Crippen molar-refractivity contribution in [1.82, 2.24) is 4.90 Å². The highest BCUT2D eigenvalue weighted by Crippen LogP contribution is 2.23. The lowest BCUT2D eigenvalue weighted by atomic mass is 9.96. The van der Waals surface area contributed by atoms with Gasteiger partial charge in [0, 0.05) is 25.4 Å². The molecule has 0 saturated carbocycles. The van der Waals surface area contributed by atoms with Crippen molar-refractivity contribution >= 4 is 11.9 Å². The normalized spacial score (nSPS) is 20.7. The van der Waals surface area contributed by atoms with Crippen molar-refractivity contribution in [3.8, 4) is 0 Å². The number of carbonyl (C=O) groups excluding carboxylic acids is 1. The number of amides is 1. The fourth-order valence-electron chi connectivity index (χ4n) is 2.86. The van der Waals surface area contributed by atoms with E-state index in [2.05, 4.69) is 6.92 Å². The van der Waals surface area contributed by atoms with Crippen molar-refractivity contribution in [3.63, 3.8) is 0 Å². The van der Waals surface area contributed by atoms with E-state index in [9.17, 15) is 9.59 Å². The van der Waals surface area contributed by atoms with Gasteiger partial charge in [-0.3, -0.25) is 9.59 Å². The van der Waals surface area contributed by atoms with Gasteiger partial charge in [-0.2, -0.15) is 0 Å². The zero-order valence-corrected chi connectivity index (χ0v) is 12.5. The molecule has 1 aliphatic rings. The van der Waals surface area contributed by atoms with E-state index < -0.39 is 5.97 Å². The van der Waals surface area contributed by atoms with Crippen molar-refractivity contribution in [3.05, 3.63) is 0 Å². The van der Waals surface area contributed by atoms with Gasteiger partial charge in [-0.25, -0.2) is 0 Å². The van der Waals surface area contributed by atoms with E-state index in [1.165, 1.54) is 0 Å². The second kappa shape index (κ2) is 8.95. The molecule has 1 aliphatic heterocycles. The molecular formula is C15H28N2O3.